The number of ether oxygens (including phenoxy) is 1. The molecule has 0 spiro atoms. The molecule has 0 atom stereocenters. The molecule has 0 aromatic heterocycles. The second-order valence-electron chi connectivity index (χ2n) is 4.46. The van der Waals surface area contributed by atoms with Gasteiger partial charge in [-0.15, -0.1) is 0 Å². The zero-order chi connectivity index (χ0) is 16.1. The van der Waals surface area contributed by atoms with Crippen molar-refractivity contribution in [3.63, 3.8) is 0 Å². The molecule has 1 saturated heterocycles. The topological polar surface area (TPSA) is 86.7 Å². The fraction of sp³-hybridized carbons (Fsp3) is 0.267. The van der Waals surface area contributed by atoms with Gasteiger partial charge in [0.15, 0.2) is 0 Å². The molecule has 2 amide bonds. The molecule has 0 saturated carbocycles. The van der Waals surface area contributed by atoms with Crippen LogP contribution in [0.2, 0.25) is 0 Å². The minimum Gasteiger partial charge on any atom is -0.550 e. The van der Waals surface area contributed by atoms with Gasteiger partial charge in [0, 0.05) is 18.9 Å². The van der Waals surface area contributed by atoms with E-state index in [0.29, 0.717) is 6.61 Å². The van der Waals surface area contributed by atoms with Gasteiger partial charge in [0.25, 0.3) is 11.1 Å². The highest BCUT2D eigenvalue weighted by Crippen LogP contribution is 2.32. The van der Waals surface area contributed by atoms with Crippen molar-refractivity contribution < 1.29 is 24.2 Å². The van der Waals surface area contributed by atoms with Crippen LogP contribution in [0.5, 0.6) is 5.75 Å². The molecule has 1 aromatic carbocycles. The first-order chi connectivity index (χ1) is 10.5. The zero-order valence-corrected chi connectivity index (χ0v) is 12.7. The Labute approximate surface area is 131 Å². The van der Waals surface area contributed by atoms with Crippen LogP contribution in [0.3, 0.4) is 0 Å². The van der Waals surface area contributed by atoms with E-state index in [-0.39, 0.29) is 17.9 Å². The number of carboxylic acids is 1. The lowest BCUT2D eigenvalue weighted by molar-refractivity contribution is -0.305. The molecule has 0 N–H and O–H groups in total. The number of hydrogen-bond donors (Lipinski definition) is 0. The molecular formula is C15H14NO5S-. The van der Waals surface area contributed by atoms with Gasteiger partial charge in [0.2, 0.25) is 0 Å². The molecule has 0 radical (unpaired) electrons. The standard InChI is InChI=1S/C15H15NO5S/c1-2-21-11-5-3-10(4-6-11)9-12-14(19)16(15(20)22-12)8-7-13(17)18/h3-6,9H,2,7-8H2,1H3,(H,17,18)/p-1/b12-9+. The fourth-order valence-electron chi connectivity index (χ4n) is 1.87. The summed E-state index contributed by atoms with van der Waals surface area (Å²) in [5.41, 5.74) is 0.758. The molecule has 0 bridgehead atoms. The summed E-state index contributed by atoms with van der Waals surface area (Å²) in [4.78, 5) is 35.4. The number of nitrogens with zero attached hydrogens (tertiary/aromatic N) is 1. The number of amides is 2. The van der Waals surface area contributed by atoms with Crippen LogP contribution in [0.15, 0.2) is 29.2 Å². The van der Waals surface area contributed by atoms with E-state index < -0.39 is 17.1 Å². The molecule has 1 aliphatic heterocycles. The second kappa shape index (κ2) is 7.13. The second-order valence-corrected chi connectivity index (χ2v) is 5.45. The Kier molecular flexibility index (Phi) is 5.21. The molecular weight excluding hydrogens is 306 g/mol. The van der Waals surface area contributed by atoms with Gasteiger partial charge < -0.3 is 14.6 Å². The molecule has 22 heavy (non-hydrogen) atoms. The zero-order valence-electron chi connectivity index (χ0n) is 11.9. The minimum absolute atomic E-state index is 0.173. The number of benzene rings is 1. The Balaban J connectivity index is 2.10. The highest BCUT2D eigenvalue weighted by Gasteiger charge is 2.34. The predicted octanol–water partition coefficient (Wildman–Crippen LogP) is 1.26. The first-order valence-corrected chi connectivity index (χ1v) is 7.51. The van der Waals surface area contributed by atoms with Gasteiger partial charge in [-0.2, -0.15) is 0 Å². The quantitative estimate of drug-likeness (QED) is 0.733. The summed E-state index contributed by atoms with van der Waals surface area (Å²) in [6.45, 7) is 2.28. The van der Waals surface area contributed by atoms with E-state index in [1.165, 1.54) is 0 Å². The molecule has 1 aliphatic rings. The molecule has 2 rings (SSSR count). The Morgan fingerprint density at radius 1 is 1.32 bits per heavy atom. The van der Waals surface area contributed by atoms with Crippen LogP contribution >= 0.6 is 11.8 Å². The van der Waals surface area contributed by atoms with Crippen molar-refractivity contribution in [2.45, 2.75) is 13.3 Å². The summed E-state index contributed by atoms with van der Waals surface area (Å²) in [5, 5.41) is 9.96. The normalized spacial score (nSPS) is 16.4. The third kappa shape index (κ3) is 3.88. The molecule has 7 heteroatoms. The van der Waals surface area contributed by atoms with Crippen molar-refractivity contribution in [2.24, 2.45) is 0 Å². The smallest absolute Gasteiger partial charge is 0.293 e. The summed E-state index contributed by atoms with van der Waals surface area (Å²) >= 11 is 0.797. The molecule has 1 aromatic rings. The summed E-state index contributed by atoms with van der Waals surface area (Å²) in [6.07, 6.45) is 1.23. The van der Waals surface area contributed by atoms with Crippen molar-refractivity contribution in [3.8, 4) is 5.75 Å². The monoisotopic (exact) mass is 320 g/mol. The van der Waals surface area contributed by atoms with Crippen molar-refractivity contribution in [1.29, 1.82) is 0 Å². The lowest BCUT2D eigenvalue weighted by atomic mass is 10.2. The van der Waals surface area contributed by atoms with Gasteiger partial charge in [-0.05, 0) is 42.5 Å². The van der Waals surface area contributed by atoms with Gasteiger partial charge in [-0.3, -0.25) is 14.5 Å². The summed E-state index contributed by atoms with van der Waals surface area (Å²) in [5.74, 6) is -1.05. The van der Waals surface area contributed by atoms with Gasteiger partial charge in [-0.25, -0.2) is 0 Å². The number of carboxylic acid groups (broad SMARTS) is 1. The number of thioether (sulfide) groups is 1. The molecule has 116 valence electrons. The molecule has 0 aliphatic carbocycles. The number of carbonyl (C=O) groups excluding carboxylic acids is 3. The number of hydrogen-bond acceptors (Lipinski definition) is 6. The van der Waals surface area contributed by atoms with Crippen LogP contribution in [-0.2, 0) is 9.59 Å². The van der Waals surface area contributed by atoms with Gasteiger partial charge >= 0.3 is 0 Å². The largest absolute Gasteiger partial charge is 0.550 e. The maximum atomic E-state index is 12.1. The van der Waals surface area contributed by atoms with E-state index in [1.54, 1.807) is 30.3 Å². The first-order valence-electron chi connectivity index (χ1n) is 6.69. The van der Waals surface area contributed by atoms with Crippen molar-refractivity contribution >= 4 is 35.0 Å². The van der Waals surface area contributed by atoms with Crippen molar-refractivity contribution in [1.82, 2.24) is 4.90 Å². The first kappa shape index (κ1) is 16.1. The third-order valence-corrected chi connectivity index (χ3v) is 3.81. The summed E-state index contributed by atoms with van der Waals surface area (Å²) < 4.78 is 5.32. The lowest BCUT2D eigenvalue weighted by Gasteiger charge is -2.12. The lowest BCUT2D eigenvalue weighted by Crippen LogP contribution is -2.33. The number of carbonyl (C=O) groups is 3. The van der Waals surface area contributed by atoms with Crippen LogP contribution in [-0.4, -0.2) is 35.2 Å². The highest BCUT2D eigenvalue weighted by atomic mass is 32.2. The van der Waals surface area contributed by atoms with Gasteiger partial charge in [-0.1, -0.05) is 12.1 Å². The van der Waals surface area contributed by atoms with Gasteiger partial charge in [0.05, 0.1) is 11.5 Å². The van der Waals surface area contributed by atoms with Crippen LogP contribution in [0.25, 0.3) is 6.08 Å². The number of aliphatic carboxylic acids is 1. The number of rotatable bonds is 6. The van der Waals surface area contributed by atoms with Crippen molar-refractivity contribution in [2.75, 3.05) is 13.2 Å². The number of imide groups is 1. The van der Waals surface area contributed by atoms with E-state index >= 15 is 0 Å². The van der Waals surface area contributed by atoms with Gasteiger partial charge in [0.1, 0.15) is 5.75 Å². The highest BCUT2D eigenvalue weighted by molar-refractivity contribution is 8.18. The van der Waals surface area contributed by atoms with E-state index in [0.717, 1.165) is 28.0 Å². The Morgan fingerprint density at radius 2 is 2.00 bits per heavy atom. The maximum Gasteiger partial charge on any atom is 0.293 e. The Morgan fingerprint density at radius 3 is 2.59 bits per heavy atom. The summed E-state index contributed by atoms with van der Waals surface area (Å²) in [7, 11) is 0. The Hall–Kier alpha value is -2.28. The van der Waals surface area contributed by atoms with Crippen LogP contribution in [0.4, 0.5) is 4.79 Å². The maximum absolute atomic E-state index is 12.1. The van der Waals surface area contributed by atoms with Crippen LogP contribution < -0.4 is 9.84 Å². The molecule has 1 heterocycles. The summed E-state index contributed by atoms with van der Waals surface area (Å²) in [6, 6.07) is 7.10. The SMILES string of the molecule is CCOc1ccc(/C=C2/SC(=O)N(CCC(=O)[O-])C2=O)cc1. The van der Waals surface area contributed by atoms with Crippen LogP contribution in [0.1, 0.15) is 18.9 Å². The van der Waals surface area contributed by atoms with Crippen molar-refractivity contribution in [3.05, 3.63) is 34.7 Å². The van der Waals surface area contributed by atoms with E-state index in [1.807, 2.05) is 6.92 Å². The average Bonchev–Trinajstić information content (AvgIpc) is 2.73. The van der Waals surface area contributed by atoms with E-state index in [9.17, 15) is 19.5 Å². The van der Waals surface area contributed by atoms with E-state index in [4.69, 9.17) is 4.74 Å². The van der Waals surface area contributed by atoms with Crippen LogP contribution in [0, 0.1) is 0 Å². The molecule has 1 fully saturated rings. The fourth-order valence-corrected chi connectivity index (χ4v) is 2.74. The third-order valence-electron chi connectivity index (χ3n) is 2.90. The minimum atomic E-state index is -1.30. The molecule has 6 nitrogen and oxygen atoms in total. The van der Waals surface area contributed by atoms with E-state index in [2.05, 4.69) is 0 Å². The average molecular weight is 320 g/mol. The molecule has 0 unspecified atom stereocenters. The predicted molar refractivity (Wildman–Crippen MR) is 79.9 cm³/mol. The Bertz CT molecular complexity index is 623.